The van der Waals surface area contributed by atoms with E-state index in [0.717, 1.165) is 51.2 Å². The van der Waals surface area contributed by atoms with Crippen LogP contribution in [-0.4, -0.2) is 37.9 Å². The van der Waals surface area contributed by atoms with E-state index >= 15 is 0 Å². The number of hydrogen-bond donors (Lipinski definition) is 0. The molecule has 0 aromatic rings. The van der Waals surface area contributed by atoms with Crippen molar-refractivity contribution in [2.45, 2.75) is 120 Å². The number of carbonyl (C=O) groups excluding carboxylic acids is 3. The second-order valence-electron chi connectivity index (χ2n) is 17.2. The van der Waals surface area contributed by atoms with Crippen molar-refractivity contribution in [1.29, 1.82) is 0 Å². The number of aldehydes is 1. The second-order valence-corrected chi connectivity index (χ2v) is 17.2. The van der Waals surface area contributed by atoms with Crippen LogP contribution in [0.25, 0.3) is 0 Å². The molecule has 0 aromatic carbocycles. The highest BCUT2D eigenvalue weighted by Gasteiger charge is 2.71. The molecule has 0 amide bonds. The van der Waals surface area contributed by atoms with Gasteiger partial charge in [0.25, 0.3) is 0 Å². The van der Waals surface area contributed by atoms with Crippen molar-refractivity contribution in [2.24, 2.45) is 62.1 Å². The van der Waals surface area contributed by atoms with Crippen molar-refractivity contribution in [2.75, 3.05) is 13.9 Å². The molecule has 2 unspecified atom stereocenters. The number of Topliss-reactive ketones (excluding diaryl/α,β-unsaturated/α-hetero) is 1. The summed E-state index contributed by atoms with van der Waals surface area (Å²) in [6, 6.07) is 0. The van der Waals surface area contributed by atoms with E-state index in [1.165, 1.54) is 5.57 Å². The van der Waals surface area contributed by atoms with Crippen molar-refractivity contribution in [3.8, 4) is 0 Å². The fraction of sp³-hybridized carbons (Fsp3) is 0.861. The number of ketones is 2. The van der Waals surface area contributed by atoms with Gasteiger partial charge in [-0.2, -0.15) is 0 Å². The van der Waals surface area contributed by atoms with Gasteiger partial charge in [-0.1, -0.05) is 67.9 Å². The zero-order valence-electron chi connectivity index (χ0n) is 27.5. The van der Waals surface area contributed by atoms with Crippen LogP contribution in [0.4, 0.5) is 0 Å². The van der Waals surface area contributed by atoms with Crippen molar-refractivity contribution in [3.05, 3.63) is 11.6 Å². The molecule has 5 heteroatoms. The topological polar surface area (TPSA) is 69.7 Å². The van der Waals surface area contributed by atoms with Crippen LogP contribution in [-0.2, 0) is 23.9 Å². The largest absolute Gasteiger partial charge is 0.359 e. The van der Waals surface area contributed by atoms with E-state index < -0.39 is 11.3 Å². The Morgan fingerprint density at radius 1 is 0.951 bits per heavy atom. The van der Waals surface area contributed by atoms with Gasteiger partial charge in [-0.25, -0.2) is 0 Å². The maximum atomic E-state index is 14.8. The third kappa shape index (κ3) is 4.17. The Bertz CT molecular complexity index is 1130. The molecule has 5 aliphatic rings. The molecular weight excluding hydrogens is 512 g/mol. The molecule has 0 saturated heterocycles. The summed E-state index contributed by atoms with van der Waals surface area (Å²) in [6.45, 7) is 20.8. The lowest BCUT2D eigenvalue weighted by Crippen LogP contribution is -2.67. The third-order valence-electron chi connectivity index (χ3n) is 13.9. The van der Waals surface area contributed by atoms with Crippen LogP contribution in [0.2, 0.25) is 0 Å². The van der Waals surface area contributed by atoms with Crippen LogP contribution in [0, 0.1) is 62.1 Å². The molecule has 0 aliphatic heterocycles. The van der Waals surface area contributed by atoms with Gasteiger partial charge in [0.2, 0.25) is 0 Å². The average Bonchev–Trinajstić information content (AvgIpc) is 2.88. The molecule has 9 atom stereocenters. The maximum absolute atomic E-state index is 14.8. The van der Waals surface area contributed by atoms with Gasteiger partial charge in [0.05, 0.1) is 12.0 Å². The first-order valence-corrected chi connectivity index (χ1v) is 16.3. The van der Waals surface area contributed by atoms with E-state index in [-0.39, 0.29) is 69.3 Å². The average molecular weight is 569 g/mol. The van der Waals surface area contributed by atoms with Crippen LogP contribution < -0.4 is 0 Å². The maximum Gasteiger partial charge on any atom is 0.159 e. The van der Waals surface area contributed by atoms with E-state index in [0.29, 0.717) is 12.3 Å². The van der Waals surface area contributed by atoms with Crippen LogP contribution in [0.15, 0.2) is 11.6 Å². The van der Waals surface area contributed by atoms with Gasteiger partial charge in [-0.15, -0.1) is 0 Å². The molecule has 0 heterocycles. The van der Waals surface area contributed by atoms with Gasteiger partial charge in [0, 0.05) is 23.9 Å². The summed E-state index contributed by atoms with van der Waals surface area (Å²) < 4.78 is 12.0. The zero-order chi connectivity index (χ0) is 30.4. The summed E-state index contributed by atoms with van der Waals surface area (Å²) in [5.74, 6) is 0.405. The van der Waals surface area contributed by atoms with Crippen LogP contribution in [0.5, 0.6) is 0 Å². The van der Waals surface area contributed by atoms with Crippen LogP contribution in [0.3, 0.4) is 0 Å². The van der Waals surface area contributed by atoms with Crippen molar-refractivity contribution < 1.29 is 23.9 Å². The Kier molecular flexibility index (Phi) is 7.47. The zero-order valence-corrected chi connectivity index (χ0v) is 27.5. The van der Waals surface area contributed by atoms with E-state index in [1.54, 1.807) is 7.11 Å². The summed E-state index contributed by atoms with van der Waals surface area (Å²) in [5.41, 5.74) is 0.0871. The van der Waals surface area contributed by atoms with Gasteiger partial charge >= 0.3 is 0 Å². The highest BCUT2D eigenvalue weighted by atomic mass is 16.7. The summed E-state index contributed by atoms with van der Waals surface area (Å²) >= 11 is 0. The van der Waals surface area contributed by atoms with E-state index in [4.69, 9.17) is 9.47 Å². The number of ether oxygens (including phenoxy) is 2. The Morgan fingerprint density at radius 2 is 1.61 bits per heavy atom. The second kappa shape index (κ2) is 9.84. The molecule has 230 valence electrons. The summed E-state index contributed by atoms with van der Waals surface area (Å²) in [6.07, 6.45) is 10.8. The van der Waals surface area contributed by atoms with Gasteiger partial charge in [-0.3, -0.25) is 9.59 Å². The lowest BCUT2D eigenvalue weighted by molar-refractivity contribution is -0.223. The van der Waals surface area contributed by atoms with Gasteiger partial charge in [-0.05, 0) is 96.9 Å². The van der Waals surface area contributed by atoms with Crippen molar-refractivity contribution in [3.63, 3.8) is 0 Å². The van der Waals surface area contributed by atoms with E-state index in [1.807, 2.05) is 19.9 Å². The molecule has 0 aromatic heterocycles. The number of methoxy groups -OCH3 is 1. The summed E-state index contributed by atoms with van der Waals surface area (Å²) in [4.78, 5) is 40.3. The first kappa shape index (κ1) is 31.1. The molecule has 0 spiro atoms. The van der Waals surface area contributed by atoms with E-state index in [9.17, 15) is 14.4 Å². The lowest BCUT2D eigenvalue weighted by atomic mass is 9.33. The number of hydrogen-bond acceptors (Lipinski definition) is 5. The molecule has 0 bridgehead atoms. The van der Waals surface area contributed by atoms with Gasteiger partial charge in [0.1, 0.15) is 18.9 Å². The number of rotatable bonds is 6. The number of fused-ring (bicyclic) bond motifs is 7. The monoisotopic (exact) mass is 568 g/mol. The first-order valence-electron chi connectivity index (χ1n) is 16.3. The Hall–Kier alpha value is -1.33. The predicted molar refractivity (Wildman–Crippen MR) is 161 cm³/mol. The molecule has 4 saturated carbocycles. The SMILES string of the molecule is COCOC(C(C)C)[C@]12CCC(C)(C)C[C@H]1[C@H]1C(=O)C=C3[C@@]4(C)CC(C=O)C(=O)C(C)(C)[C@@H]4CC[C@@]3(C)[C@]1(C)CC2. The van der Waals surface area contributed by atoms with Crippen molar-refractivity contribution in [1.82, 2.24) is 0 Å². The molecule has 5 aliphatic carbocycles. The summed E-state index contributed by atoms with van der Waals surface area (Å²) in [7, 11) is 1.69. The molecule has 5 rings (SSSR count). The minimum atomic E-state index is -0.599. The lowest BCUT2D eigenvalue weighted by Gasteiger charge is -2.70. The minimum absolute atomic E-state index is 0.0471. The first-order chi connectivity index (χ1) is 18.9. The normalized spacial score (nSPS) is 45.6. The van der Waals surface area contributed by atoms with Gasteiger partial charge in [0.15, 0.2) is 5.78 Å². The Morgan fingerprint density at radius 3 is 2.22 bits per heavy atom. The molecule has 0 radical (unpaired) electrons. The van der Waals surface area contributed by atoms with Gasteiger partial charge < -0.3 is 14.3 Å². The summed E-state index contributed by atoms with van der Waals surface area (Å²) in [5, 5.41) is 0. The Balaban J connectivity index is 1.65. The fourth-order valence-electron chi connectivity index (χ4n) is 11.9. The van der Waals surface area contributed by atoms with Crippen LogP contribution >= 0.6 is 0 Å². The predicted octanol–water partition coefficient (Wildman–Crippen LogP) is 7.61. The quantitative estimate of drug-likeness (QED) is 0.187. The fourth-order valence-corrected chi connectivity index (χ4v) is 11.9. The molecule has 0 N–H and O–H groups in total. The highest BCUT2D eigenvalue weighted by Crippen LogP contribution is 2.75. The number of allylic oxidation sites excluding steroid dienone is 2. The van der Waals surface area contributed by atoms with E-state index in [2.05, 4.69) is 48.5 Å². The molecular formula is C36H56O5. The third-order valence-corrected chi connectivity index (χ3v) is 13.9. The minimum Gasteiger partial charge on any atom is -0.359 e. The highest BCUT2D eigenvalue weighted by molar-refractivity contribution is 5.99. The molecule has 5 nitrogen and oxygen atoms in total. The molecule has 41 heavy (non-hydrogen) atoms. The van der Waals surface area contributed by atoms with Crippen LogP contribution in [0.1, 0.15) is 114 Å². The Labute approximate surface area is 249 Å². The number of carbonyl (C=O) groups is 3. The smallest absolute Gasteiger partial charge is 0.159 e. The standard InChI is InChI=1S/C36H56O5/c1-22(2)30(41-21-40-10)36-15-13-31(3,4)19-24(36)28-25(38)17-27-33(7)18-23(20-37)29(39)32(5,6)26(33)11-12-34(27,8)35(28,9)14-16-36/h17,20,22-24,26,28,30H,11-16,18-19,21H2,1-10H3/t23?,24-,26-,28-,30?,33-,34+,35+,36-/m0/s1. The van der Waals surface area contributed by atoms with Crippen molar-refractivity contribution >= 4 is 17.9 Å². The molecule has 4 fully saturated rings.